The maximum atomic E-state index is 11.8. The van der Waals surface area contributed by atoms with E-state index in [1.807, 2.05) is 30.3 Å². The summed E-state index contributed by atoms with van der Waals surface area (Å²) in [5.74, 6) is -0.459. The van der Waals surface area contributed by atoms with Crippen molar-refractivity contribution in [3.8, 4) is 0 Å². The van der Waals surface area contributed by atoms with Crippen LogP contribution in [0.15, 0.2) is 48.5 Å². The number of amides is 1. The van der Waals surface area contributed by atoms with Crippen LogP contribution in [0.4, 0.5) is 10.5 Å². The summed E-state index contributed by atoms with van der Waals surface area (Å²) >= 11 is 2.06. The highest BCUT2D eigenvalue weighted by Gasteiger charge is 2.10. The smallest absolute Gasteiger partial charge is 0.411 e. The molecule has 2 aromatic rings. The Labute approximate surface area is 141 Å². The first-order valence-electron chi connectivity index (χ1n) is 6.45. The number of anilines is 1. The van der Waals surface area contributed by atoms with Gasteiger partial charge in [0.05, 0.1) is 12.7 Å². The lowest BCUT2D eigenvalue weighted by Gasteiger charge is -2.09. The summed E-state index contributed by atoms with van der Waals surface area (Å²) in [5, 5.41) is 2.60. The van der Waals surface area contributed by atoms with Crippen molar-refractivity contribution in [1.82, 2.24) is 0 Å². The number of esters is 1. The van der Waals surface area contributed by atoms with Gasteiger partial charge in [-0.15, -0.1) is 0 Å². The van der Waals surface area contributed by atoms with Gasteiger partial charge in [0.15, 0.2) is 0 Å². The number of rotatable bonds is 4. The number of carbonyl (C=O) groups excluding carboxylic acids is 2. The Hall–Kier alpha value is -2.09. The molecule has 2 aromatic carbocycles. The van der Waals surface area contributed by atoms with Crippen LogP contribution in [0.3, 0.4) is 0 Å². The number of ether oxygens (including phenoxy) is 2. The molecule has 6 heteroatoms. The third kappa shape index (κ3) is 4.73. The molecule has 1 amide bonds. The van der Waals surface area contributed by atoms with Crippen molar-refractivity contribution in [1.29, 1.82) is 0 Å². The summed E-state index contributed by atoms with van der Waals surface area (Å²) in [4.78, 5) is 23.3. The lowest BCUT2D eigenvalue weighted by Crippen LogP contribution is -2.14. The molecular formula is C16H14INO4. The molecule has 0 saturated carbocycles. The van der Waals surface area contributed by atoms with Crippen LogP contribution in [-0.2, 0) is 16.1 Å². The van der Waals surface area contributed by atoms with Crippen molar-refractivity contribution >= 4 is 40.3 Å². The van der Waals surface area contributed by atoms with Crippen LogP contribution in [0.25, 0.3) is 0 Å². The van der Waals surface area contributed by atoms with Gasteiger partial charge in [0.2, 0.25) is 0 Å². The molecule has 0 aliphatic heterocycles. The van der Waals surface area contributed by atoms with Gasteiger partial charge in [0, 0.05) is 9.26 Å². The minimum absolute atomic E-state index is 0.181. The van der Waals surface area contributed by atoms with Crippen LogP contribution in [0.2, 0.25) is 0 Å². The first-order valence-corrected chi connectivity index (χ1v) is 7.53. The van der Waals surface area contributed by atoms with E-state index in [2.05, 4.69) is 32.6 Å². The summed E-state index contributed by atoms with van der Waals surface area (Å²) in [5.41, 5.74) is 1.74. The Morgan fingerprint density at radius 2 is 1.86 bits per heavy atom. The maximum absolute atomic E-state index is 11.8. The molecular weight excluding hydrogens is 397 g/mol. The van der Waals surface area contributed by atoms with Gasteiger partial charge in [-0.05, 0) is 46.4 Å². The van der Waals surface area contributed by atoms with Gasteiger partial charge < -0.3 is 9.47 Å². The monoisotopic (exact) mass is 411 g/mol. The van der Waals surface area contributed by atoms with Crippen LogP contribution < -0.4 is 5.32 Å². The molecule has 0 atom stereocenters. The number of hydrogen-bond acceptors (Lipinski definition) is 4. The second kappa shape index (κ2) is 7.79. The molecule has 0 aliphatic rings. The highest BCUT2D eigenvalue weighted by molar-refractivity contribution is 14.1. The molecule has 0 fully saturated rings. The third-order valence-electron chi connectivity index (χ3n) is 2.78. The van der Waals surface area contributed by atoms with Crippen molar-refractivity contribution in [3.63, 3.8) is 0 Å². The minimum Gasteiger partial charge on any atom is -0.465 e. The van der Waals surface area contributed by atoms with E-state index in [0.29, 0.717) is 11.3 Å². The Balaban J connectivity index is 1.99. The SMILES string of the molecule is COC(=O)c1cc(I)cc(NC(=O)OCc2ccccc2)c1. The van der Waals surface area contributed by atoms with Gasteiger partial charge in [-0.3, -0.25) is 5.32 Å². The molecule has 1 N–H and O–H groups in total. The lowest BCUT2D eigenvalue weighted by molar-refractivity contribution is 0.0600. The zero-order valence-corrected chi connectivity index (χ0v) is 14.0. The van der Waals surface area contributed by atoms with Crippen LogP contribution in [0.5, 0.6) is 0 Å². The van der Waals surface area contributed by atoms with Crippen molar-refractivity contribution in [3.05, 3.63) is 63.2 Å². The van der Waals surface area contributed by atoms with Gasteiger partial charge in [-0.2, -0.15) is 0 Å². The van der Waals surface area contributed by atoms with E-state index in [0.717, 1.165) is 9.13 Å². The van der Waals surface area contributed by atoms with Crippen molar-refractivity contribution < 1.29 is 19.1 Å². The number of nitrogens with one attached hydrogen (secondary N) is 1. The molecule has 5 nitrogen and oxygen atoms in total. The van der Waals surface area contributed by atoms with Crippen LogP contribution in [0.1, 0.15) is 15.9 Å². The predicted octanol–water partition coefficient (Wildman–Crippen LogP) is 3.83. The molecule has 0 radical (unpaired) electrons. The zero-order valence-electron chi connectivity index (χ0n) is 11.8. The van der Waals surface area contributed by atoms with E-state index in [1.54, 1.807) is 12.1 Å². The van der Waals surface area contributed by atoms with E-state index in [4.69, 9.17) is 4.74 Å². The van der Waals surface area contributed by atoms with E-state index < -0.39 is 12.1 Å². The lowest BCUT2D eigenvalue weighted by atomic mass is 10.2. The highest BCUT2D eigenvalue weighted by atomic mass is 127. The Morgan fingerprint density at radius 1 is 1.14 bits per heavy atom. The molecule has 22 heavy (non-hydrogen) atoms. The molecule has 0 saturated heterocycles. The van der Waals surface area contributed by atoms with Crippen LogP contribution in [-0.4, -0.2) is 19.2 Å². The van der Waals surface area contributed by atoms with E-state index in [-0.39, 0.29) is 6.61 Å². The molecule has 0 aliphatic carbocycles. The third-order valence-corrected chi connectivity index (χ3v) is 3.40. The summed E-state index contributed by atoms with van der Waals surface area (Å²) in [6, 6.07) is 14.3. The summed E-state index contributed by atoms with van der Waals surface area (Å²) < 4.78 is 10.6. The average molecular weight is 411 g/mol. The van der Waals surface area contributed by atoms with Crippen molar-refractivity contribution in [2.45, 2.75) is 6.61 Å². The Bertz CT molecular complexity index is 673. The molecule has 114 valence electrons. The van der Waals surface area contributed by atoms with Crippen molar-refractivity contribution in [2.24, 2.45) is 0 Å². The largest absolute Gasteiger partial charge is 0.465 e. The Morgan fingerprint density at radius 3 is 2.55 bits per heavy atom. The summed E-state index contributed by atoms with van der Waals surface area (Å²) in [6.45, 7) is 0.181. The number of carbonyl (C=O) groups is 2. The number of methoxy groups -OCH3 is 1. The average Bonchev–Trinajstić information content (AvgIpc) is 2.52. The van der Waals surface area contributed by atoms with E-state index in [9.17, 15) is 9.59 Å². The quantitative estimate of drug-likeness (QED) is 0.614. The number of halogens is 1. The van der Waals surface area contributed by atoms with E-state index in [1.165, 1.54) is 13.2 Å². The summed E-state index contributed by atoms with van der Waals surface area (Å²) in [7, 11) is 1.31. The minimum atomic E-state index is -0.582. The molecule has 0 heterocycles. The number of benzene rings is 2. The predicted molar refractivity (Wildman–Crippen MR) is 90.7 cm³/mol. The second-order valence-electron chi connectivity index (χ2n) is 4.41. The molecule has 0 bridgehead atoms. The second-order valence-corrected chi connectivity index (χ2v) is 5.65. The fourth-order valence-electron chi connectivity index (χ4n) is 1.77. The van der Waals surface area contributed by atoms with E-state index >= 15 is 0 Å². The first kappa shape index (κ1) is 16.3. The molecule has 2 rings (SSSR count). The van der Waals surface area contributed by atoms with Gasteiger partial charge >= 0.3 is 12.1 Å². The standard InChI is InChI=1S/C16H14INO4/c1-21-15(19)12-7-13(17)9-14(8-12)18-16(20)22-10-11-5-3-2-4-6-11/h2-9H,10H2,1H3,(H,18,20). The molecule has 0 aromatic heterocycles. The molecule has 0 unspecified atom stereocenters. The maximum Gasteiger partial charge on any atom is 0.411 e. The zero-order chi connectivity index (χ0) is 15.9. The van der Waals surface area contributed by atoms with Gasteiger partial charge in [0.1, 0.15) is 6.61 Å². The fraction of sp³-hybridized carbons (Fsp3) is 0.125. The summed E-state index contributed by atoms with van der Waals surface area (Å²) in [6.07, 6.45) is -0.582. The van der Waals surface area contributed by atoms with Gasteiger partial charge in [-0.25, -0.2) is 9.59 Å². The normalized spacial score (nSPS) is 9.91. The highest BCUT2D eigenvalue weighted by Crippen LogP contribution is 2.18. The molecule has 0 spiro atoms. The van der Waals surface area contributed by atoms with Gasteiger partial charge in [-0.1, -0.05) is 30.3 Å². The van der Waals surface area contributed by atoms with Crippen LogP contribution >= 0.6 is 22.6 Å². The van der Waals surface area contributed by atoms with Crippen molar-refractivity contribution in [2.75, 3.05) is 12.4 Å². The van der Waals surface area contributed by atoms with Gasteiger partial charge in [0.25, 0.3) is 0 Å². The topological polar surface area (TPSA) is 64.6 Å². The first-order chi connectivity index (χ1) is 10.6. The van der Waals surface area contributed by atoms with Crippen LogP contribution in [0, 0.1) is 3.57 Å². The Kier molecular flexibility index (Phi) is 5.76. The number of hydrogen-bond donors (Lipinski definition) is 1. The fourth-order valence-corrected chi connectivity index (χ4v) is 2.45.